The Bertz CT molecular complexity index is 144. The first-order chi connectivity index (χ1) is 4.47. The van der Waals surface area contributed by atoms with Crippen molar-refractivity contribution in [1.29, 1.82) is 0 Å². The minimum Gasteiger partial charge on any atom is -0.293 e. The van der Waals surface area contributed by atoms with Crippen molar-refractivity contribution < 1.29 is 0 Å². The molecule has 0 aromatic rings. The molecule has 2 N–H and O–H groups in total. The van der Waals surface area contributed by atoms with Crippen LogP contribution in [0.5, 0.6) is 0 Å². The molecule has 1 atom stereocenters. The van der Waals surface area contributed by atoms with E-state index in [1.165, 1.54) is 0 Å². The van der Waals surface area contributed by atoms with E-state index in [0.29, 0.717) is 6.17 Å². The Hall–Kier alpha value is -0.800. The normalized spacial score (nSPS) is 31.1. The van der Waals surface area contributed by atoms with Crippen LogP contribution in [0.4, 0.5) is 0 Å². The van der Waals surface area contributed by atoms with Crippen molar-refractivity contribution in [2.75, 3.05) is 6.67 Å². The third kappa shape index (κ3) is 0.742. The van der Waals surface area contributed by atoms with Gasteiger partial charge in [0.05, 0.1) is 6.67 Å². The number of hydrogen-bond donors (Lipinski definition) is 2. The first-order valence-electron chi connectivity index (χ1n) is 3.07. The molecule has 1 saturated heterocycles. The molecule has 0 saturated carbocycles. The lowest BCUT2D eigenvalue weighted by Crippen LogP contribution is -2.34. The molecule has 0 spiro atoms. The Morgan fingerprint density at radius 3 is 3.33 bits per heavy atom. The average molecular weight is 123 g/mol. The van der Waals surface area contributed by atoms with Crippen molar-refractivity contribution in [2.45, 2.75) is 6.17 Å². The Labute approximate surface area is 54.0 Å². The molecule has 3 nitrogen and oxygen atoms in total. The number of hydrogen-bond acceptors (Lipinski definition) is 3. The van der Waals surface area contributed by atoms with Crippen LogP contribution < -0.4 is 10.7 Å². The van der Waals surface area contributed by atoms with Gasteiger partial charge in [0.15, 0.2) is 0 Å². The average Bonchev–Trinajstić information content (AvgIpc) is 2.33. The minimum absolute atomic E-state index is 0.370. The lowest BCUT2D eigenvalue weighted by Gasteiger charge is -2.19. The largest absolute Gasteiger partial charge is 0.293 e. The molecule has 0 aromatic carbocycles. The molecule has 2 rings (SSSR count). The van der Waals surface area contributed by atoms with Crippen molar-refractivity contribution in [3.05, 3.63) is 24.4 Å². The van der Waals surface area contributed by atoms with E-state index in [0.717, 1.165) is 6.67 Å². The zero-order valence-corrected chi connectivity index (χ0v) is 5.04. The molecule has 0 radical (unpaired) electrons. The molecule has 3 heteroatoms. The summed E-state index contributed by atoms with van der Waals surface area (Å²) in [5, 5.41) is 5.28. The van der Waals surface area contributed by atoms with Gasteiger partial charge < -0.3 is 0 Å². The summed E-state index contributed by atoms with van der Waals surface area (Å²) in [6.45, 7) is 0.860. The van der Waals surface area contributed by atoms with Gasteiger partial charge in [0.1, 0.15) is 6.17 Å². The number of rotatable bonds is 0. The second-order valence-corrected chi connectivity index (χ2v) is 2.12. The maximum absolute atomic E-state index is 3.24. The van der Waals surface area contributed by atoms with E-state index in [1.807, 2.05) is 23.4 Å². The molecular formula is C6H9N3. The molecule has 0 aromatic heterocycles. The van der Waals surface area contributed by atoms with Gasteiger partial charge in [-0.3, -0.25) is 10.3 Å². The SMILES string of the molecule is C1=CC2NCNN2C=C1. The van der Waals surface area contributed by atoms with Crippen molar-refractivity contribution in [3.63, 3.8) is 0 Å². The summed E-state index contributed by atoms with van der Waals surface area (Å²) in [5.41, 5.74) is 3.14. The van der Waals surface area contributed by atoms with E-state index in [4.69, 9.17) is 0 Å². The summed E-state index contributed by atoms with van der Waals surface area (Å²) in [6.07, 6.45) is 8.55. The van der Waals surface area contributed by atoms with E-state index < -0.39 is 0 Å². The van der Waals surface area contributed by atoms with Crippen LogP contribution in [-0.2, 0) is 0 Å². The first-order valence-corrected chi connectivity index (χ1v) is 3.07. The third-order valence-electron chi connectivity index (χ3n) is 1.52. The second-order valence-electron chi connectivity index (χ2n) is 2.12. The molecule has 0 aliphatic carbocycles. The molecule has 2 aliphatic heterocycles. The first kappa shape index (κ1) is 5.02. The highest BCUT2D eigenvalue weighted by atomic mass is 15.6. The number of fused-ring (bicyclic) bond motifs is 1. The Kier molecular flexibility index (Phi) is 1.04. The zero-order valence-electron chi connectivity index (χ0n) is 5.04. The fourth-order valence-electron chi connectivity index (χ4n) is 1.06. The van der Waals surface area contributed by atoms with Gasteiger partial charge in [-0.05, 0) is 12.2 Å². The Morgan fingerprint density at radius 2 is 2.44 bits per heavy atom. The summed E-state index contributed by atoms with van der Waals surface area (Å²) in [6, 6.07) is 0. The molecule has 9 heavy (non-hydrogen) atoms. The van der Waals surface area contributed by atoms with Crippen LogP contribution in [0.25, 0.3) is 0 Å². The van der Waals surface area contributed by atoms with Crippen molar-refractivity contribution >= 4 is 0 Å². The Morgan fingerprint density at radius 1 is 1.44 bits per heavy atom. The highest BCUT2D eigenvalue weighted by Crippen LogP contribution is 2.04. The molecule has 48 valence electrons. The fraction of sp³-hybridized carbons (Fsp3) is 0.333. The van der Waals surface area contributed by atoms with Crippen LogP contribution in [0.1, 0.15) is 0 Å². The van der Waals surface area contributed by atoms with Gasteiger partial charge in [-0.25, -0.2) is 5.43 Å². The molecule has 1 fully saturated rings. The highest BCUT2D eigenvalue weighted by Gasteiger charge is 2.17. The number of hydrazine groups is 1. The smallest absolute Gasteiger partial charge is 0.114 e. The quantitative estimate of drug-likeness (QED) is 0.465. The summed E-state index contributed by atoms with van der Waals surface area (Å²) in [4.78, 5) is 0. The summed E-state index contributed by atoms with van der Waals surface area (Å²) in [5.74, 6) is 0. The lowest BCUT2D eigenvalue weighted by atomic mass is 10.3. The van der Waals surface area contributed by atoms with Gasteiger partial charge in [0.2, 0.25) is 0 Å². The number of nitrogens with one attached hydrogen (secondary N) is 2. The lowest BCUT2D eigenvalue weighted by molar-refractivity contribution is 0.301. The summed E-state index contributed by atoms with van der Waals surface area (Å²) >= 11 is 0. The van der Waals surface area contributed by atoms with Gasteiger partial charge in [0, 0.05) is 6.20 Å². The van der Waals surface area contributed by atoms with Gasteiger partial charge >= 0.3 is 0 Å². The Balaban J connectivity index is 2.18. The topological polar surface area (TPSA) is 27.3 Å². The van der Waals surface area contributed by atoms with Crippen LogP contribution in [-0.4, -0.2) is 17.8 Å². The van der Waals surface area contributed by atoms with E-state index >= 15 is 0 Å². The van der Waals surface area contributed by atoms with E-state index in [9.17, 15) is 0 Å². The number of allylic oxidation sites excluding steroid dienone is 2. The van der Waals surface area contributed by atoms with Crippen LogP contribution >= 0.6 is 0 Å². The van der Waals surface area contributed by atoms with E-state index in [-0.39, 0.29) is 0 Å². The molecule has 0 bridgehead atoms. The summed E-state index contributed by atoms with van der Waals surface area (Å²) in [7, 11) is 0. The van der Waals surface area contributed by atoms with Gasteiger partial charge in [-0.15, -0.1) is 0 Å². The fourth-order valence-corrected chi connectivity index (χ4v) is 1.06. The standard InChI is InChI=1S/C6H9N3/c1-2-4-9-6(3-1)7-5-8-9/h1-4,6-8H,5H2. The number of nitrogens with zero attached hydrogens (tertiary/aromatic N) is 1. The predicted molar refractivity (Wildman–Crippen MR) is 35.0 cm³/mol. The third-order valence-corrected chi connectivity index (χ3v) is 1.52. The van der Waals surface area contributed by atoms with E-state index in [2.05, 4.69) is 16.8 Å². The van der Waals surface area contributed by atoms with Gasteiger partial charge in [-0.1, -0.05) is 6.08 Å². The molecule has 0 amide bonds. The van der Waals surface area contributed by atoms with Crippen LogP contribution in [0.2, 0.25) is 0 Å². The van der Waals surface area contributed by atoms with Gasteiger partial charge in [0.25, 0.3) is 0 Å². The van der Waals surface area contributed by atoms with Crippen LogP contribution in [0.15, 0.2) is 24.4 Å². The van der Waals surface area contributed by atoms with E-state index in [1.54, 1.807) is 0 Å². The predicted octanol–water partition coefficient (Wildman–Crippen LogP) is -0.237. The van der Waals surface area contributed by atoms with Crippen LogP contribution in [0.3, 0.4) is 0 Å². The molecule has 1 unspecified atom stereocenters. The highest BCUT2D eigenvalue weighted by molar-refractivity contribution is 5.12. The molecule has 2 heterocycles. The maximum Gasteiger partial charge on any atom is 0.114 e. The minimum atomic E-state index is 0.370. The van der Waals surface area contributed by atoms with Gasteiger partial charge in [-0.2, -0.15) is 0 Å². The molecular weight excluding hydrogens is 114 g/mol. The van der Waals surface area contributed by atoms with Crippen molar-refractivity contribution in [2.24, 2.45) is 0 Å². The monoisotopic (exact) mass is 123 g/mol. The molecule has 2 aliphatic rings. The second kappa shape index (κ2) is 1.86. The maximum atomic E-state index is 3.24. The zero-order chi connectivity index (χ0) is 6.10. The van der Waals surface area contributed by atoms with Crippen LogP contribution in [0, 0.1) is 0 Å². The van der Waals surface area contributed by atoms with Crippen molar-refractivity contribution in [1.82, 2.24) is 15.8 Å². The summed E-state index contributed by atoms with van der Waals surface area (Å²) < 4.78 is 0. The van der Waals surface area contributed by atoms with Crippen molar-refractivity contribution in [3.8, 4) is 0 Å².